The fourth-order valence-corrected chi connectivity index (χ4v) is 4.41. The van der Waals surface area contributed by atoms with Gasteiger partial charge in [-0.05, 0) is 30.7 Å². The van der Waals surface area contributed by atoms with Gasteiger partial charge in [-0.2, -0.15) is 13.2 Å². The number of hydrogen-bond acceptors (Lipinski definition) is 5. The zero-order valence-corrected chi connectivity index (χ0v) is 19.4. The van der Waals surface area contributed by atoms with Crippen LogP contribution in [0.15, 0.2) is 36.7 Å². The molecule has 3 aromatic rings. The summed E-state index contributed by atoms with van der Waals surface area (Å²) >= 11 is 0. The summed E-state index contributed by atoms with van der Waals surface area (Å²) < 4.78 is 65.7. The Hall–Kier alpha value is -3.48. The zero-order chi connectivity index (χ0) is 25.7. The van der Waals surface area contributed by atoms with E-state index in [2.05, 4.69) is 15.4 Å². The standard InChI is InChI=1S/C23H24F5N7O/c1-15-2-3-17(30-21(36)34-12-22(24,25)13-34)9-19(15)35-11-16-8-18(10-29-20(16)31-35)33-6-4-32(5-7-33)14-23(26,27)28/h2-3,8-11H,4-7,12-14H2,1H3,(H,30,36). The van der Waals surface area contributed by atoms with Crippen molar-refractivity contribution in [1.82, 2.24) is 24.6 Å². The summed E-state index contributed by atoms with van der Waals surface area (Å²) in [5.74, 6) is -2.84. The van der Waals surface area contributed by atoms with Crippen LogP contribution in [0.3, 0.4) is 0 Å². The highest BCUT2D eigenvalue weighted by Crippen LogP contribution is 2.28. The molecule has 0 saturated carbocycles. The number of aromatic nitrogens is 3. The number of hydrogen-bond donors (Lipinski definition) is 1. The number of fused-ring (bicyclic) bond motifs is 1. The van der Waals surface area contributed by atoms with Crippen LogP contribution in [0.1, 0.15) is 5.56 Å². The summed E-state index contributed by atoms with van der Waals surface area (Å²) in [6.07, 6.45) is -0.764. The minimum atomic E-state index is -4.21. The molecule has 0 bridgehead atoms. The summed E-state index contributed by atoms with van der Waals surface area (Å²) in [4.78, 5) is 21.1. The van der Waals surface area contributed by atoms with Gasteiger partial charge in [0.2, 0.25) is 0 Å². The topological polar surface area (TPSA) is 69.5 Å². The Bertz CT molecular complexity index is 1280. The lowest BCUT2D eigenvalue weighted by Gasteiger charge is -2.38. The maximum Gasteiger partial charge on any atom is 0.401 e. The van der Waals surface area contributed by atoms with Crippen LogP contribution in [0.25, 0.3) is 16.7 Å². The molecule has 2 aliphatic rings. The van der Waals surface area contributed by atoms with Gasteiger partial charge in [0.05, 0.1) is 37.2 Å². The smallest absolute Gasteiger partial charge is 0.368 e. The fourth-order valence-electron chi connectivity index (χ4n) is 4.41. The van der Waals surface area contributed by atoms with E-state index in [1.165, 1.54) is 4.90 Å². The molecule has 4 heterocycles. The molecule has 2 aliphatic heterocycles. The van der Waals surface area contributed by atoms with Gasteiger partial charge < -0.3 is 15.1 Å². The summed E-state index contributed by atoms with van der Waals surface area (Å²) in [5, 5.41) is 7.91. The van der Waals surface area contributed by atoms with Crippen molar-refractivity contribution in [3.05, 3.63) is 42.2 Å². The minimum absolute atomic E-state index is 0.309. The fraction of sp³-hybridized carbons (Fsp3) is 0.435. The molecule has 2 saturated heterocycles. The van der Waals surface area contributed by atoms with Gasteiger partial charge >= 0.3 is 12.2 Å². The van der Waals surface area contributed by atoms with E-state index in [4.69, 9.17) is 0 Å². The van der Waals surface area contributed by atoms with Gasteiger partial charge in [-0.15, -0.1) is 5.10 Å². The largest absolute Gasteiger partial charge is 0.401 e. The Kier molecular flexibility index (Phi) is 5.97. The van der Waals surface area contributed by atoms with E-state index in [9.17, 15) is 26.7 Å². The van der Waals surface area contributed by atoms with Gasteiger partial charge in [0.1, 0.15) is 0 Å². The summed E-state index contributed by atoms with van der Waals surface area (Å²) in [5.41, 5.74) is 3.30. The van der Waals surface area contributed by atoms with Crippen LogP contribution < -0.4 is 10.2 Å². The number of anilines is 2. The molecule has 1 aromatic carbocycles. The number of rotatable bonds is 4. The number of aryl methyl sites for hydroxylation is 1. The lowest BCUT2D eigenvalue weighted by molar-refractivity contribution is -0.146. The van der Waals surface area contributed by atoms with Gasteiger partial charge in [-0.3, -0.25) is 4.90 Å². The van der Waals surface area contributed by atoms with Gasteiger partial charge in [0.15, 0.2) is 5.65 Å². The van der Waals surface area contributed by atoms with E-state index in [0.717, 1.165) is 21.5 Å². The predicted octanol–water partition coefficient (Wildman–Crippen LogP) is 3.90. The Balaban J connectivity index is 1.30. The summed E-state index contributed by atoms with van der Waals surface area (Å²) in [6, 6.07) is 6.49. The average molecular weight is 509 g/mol. The van der Waals surface area contributed by atoms with Crippen LogP contribution in [0.5, 0.6) is 0 Å². The number of amides is 2. The van der Waals surface area contributed by atoms with E-state index in [-0.39, 0.29) is 0 Å². The van der Waals surface area contributed by atoms with E-state index < -0.39 is 37.8 Å². The van der Waals surface area contributed by atoms with E-state index >= 15 is 0 Å². The molecule has 2 aromatic heterocycles. The molecule has 2 fully saturated rings. The Morgan fingerprint density at radius 2 is 1.83 bits per heavy atom. The van der Waals surface area contributed by atoms with Crippen molar-refractivity contribution >= 4 is 28.4 Å². The van der Waals surface area contributed by atoms with Crippen LogP contribution in [0.2, 0.25) is 0 Å². The predicted molar refractivity (Wildman–Crippen MR) is 124 cm³/mol. The number of nitrogens with one attached hydrogen (secondary N) is 1. The molecule has 8 nitrogen and oxygen atoms in total. The van der Waals surface area contributed by atoms with Crippen LogP contribution >= 0.6 is 0 Å². The van der Waals surface area contributed by atoms with Gasteiger partial charge in [0, 0.05) is 43.4 Å². The molecule has 0 atom stereocenters. The highest BCUT2D eigenvalue weighted by molar-refractivity contribution is 5.90. The van der Waals surface area contributed by atoms with E-state index in [1.54, 1.807) is 35.3 Å². The molecule has 2 amide bonds. The number of nitrogens with zero attached hydrogens (tertiary/aromatic N) is 6. The lowest BCUT2D eigenvalue weighted by atomic mass is 10.1. The van der Waals surface area contributed by atoms with Crippen molar-refractivity contribution in [1.29, 1.82) is 0 Å². The number of piperazine rings is 1. The molecule has 5 rings (SSSR count). The average Bonchev–Trinajstić information content (AvgIpc) is 3.21. The second kappa shape index (κ2) is 8.87. The summed E-state index contributed by atoms with van der Waals surface area (Å²) in [6.45, 7) is 1.30. The third-order valence-electron chi connectivity index (χ3n) is 6.32. The number of pyridine rings is 1. The first-order valence-electron chi connectivity index (χ1n) is 11.4. The molecule has 0 unspecified atom stereocenters. The third-order valence-corrected chi connectivity index (χ3v) is 6.32. The highest BCUT2D eigenvalue weighted by atomic mass is 19.4. The monoisotopic (exact) mass is 509 g/mol. The molecule has 192 valence electrons. The molecular weight excluding hydrogens is 485 g/mol. The first kappa shape index (κ1) is 24.2. The molecule has 1 N–H and O–H groups in total. The quantitative estimate of drug-likeness (QED) is 0.541. The van der Waals surface area contributed by atoms with Crippen molar-refractivity contribution in [2.45, 2.75) is 19.0 Å². The van der Waals surface area contributed by atoms with Crippen LogP contribution in [0.4, 0.5) is 38.1 Å². The van der Waals surface area contributed by atoms with Crippen LogP contribution in [-0.4, -0.2) is 88.5 Å². The molecule has 0 aliphatic carbocycles. The minimum Gasteiger partial charge on any atom is -0.368 e. The van der Waals surface area contributed by atoms with Crippen molar-refractivity contribution in [2.24, 2.45) is 0 Å². The zero-order valence-electron chi connectivity index (χ0n) is 19.4. The van der Waals surface area contributed by atoms with Gasteiger partial charge in [-0.1, -0.05) is 6.07 Å². The maximum atomic E-state index is 13.1. The van der Waals surface area contributed by atoms with E-state index in [1.807, 2.05) is 17.9 Å². The number of likely N-dealkylation sites (tertiary alicyclic amines) is 1. The summed E-state index contributed by atoms with van der Waals surface area (Å²) in [7, 11) is 0. The Morgan fingerprint density at radius 3 is 2.50 bits per heavy atom. The van der Waals surface area contributed by atoms with Crippen LogP contribution in [0, 0.1) is 6.92 Å². The number of halogens is 5. The second-order valence-corrected chi connectivity index (χ2v) is 9.20. The maximum absolute atomic E-state index is 13.1. The third kappa shape index (κ3) is 5.20. The Labute approximate surface area is 203 Å². The molecular formula is C23H24F5N7O. The lowest BCUT2D eigenvalue weighted by Crippen LogP contribution is -2.59. The van der Waals surface area contributed by atoms with Crippen molar-refractivity contribution in [3.8, 4) is 5.69 Å². The molecule has 36 heavy (non-hydrogen) atoms. The van der Waals surface area contributed by atoms with Crippen molar-refractivity contribution in [2.75, 3.05) is 56.0 Å². The number of carbonyl (C=O) groups is 1. The highest BCUT2D eigenvalue weighted by Gasteiger charge is 2.46. The number of alkyl halides is 5. The van der Waals surface area contributed by atoms with Crippen molar-refractivity contribution < 1.29 is 26.7 Å². The first-order valence-corrected chi connectivity index (χ1v) is 11.4. The SMILES string of the molecule is Cc1ccc(NC(=O)N2CC(F)(F)C2)cc1-n1cc2cc(N3CCN(CC(F)(F)F)CC3)cnc2n1. The molecule has 0 radical (unpaired) electrons. The van der Waals surface area contributed by atoms with Crippen molar-refractivity contribution in [3.63, 3.8) is 0 Å². The van der Waals surface area contributed by atoms with Crippen LogP contribution in [-0.2, 0) is 0 Å². The number of urea groups is 1. The second-order valence-electron chi connectivity index (χ2n) is 9.20. The van der Waals surface area contributed by atoms with Gasteiger partial charge in [0.25, 0.3) is 5.92 Å². The number of benzene rings is 1. The first-order chi connectivity index (χ1) is 17.0. The van der Waals surface area contributed by atoms with Gasteiger partial charge in [-0.25, -0.2) is 23.2 Å². The normalized spacial score (nSPS) is 18.4. The Morgan fingerprint density at radius 1 is 1.11 bits per heavy atom. The van der Waals surface area contributed by atoms with E-state index in [0.29, 0.717) is 43.2 Å². The number of carbonyl (C=O) groups excluding carboxylic acids is 1. The molecule has 13 heteroatoms. The molecule has 0 spiro atoms.